The van der Waals surface area contributed by atoms with Gasteiger partial charge in [0.1, 0.15) is 5.75 Å². The minimum absolute atomic E-state index is 0.00340. The number of rotatable bonds is 3. The van der Waals surface area contributed by atoms with Crippen LogP contribution in [0.5, 0.6) is 5.75 Å². The standard InChI is InChI=1S/C23H27N3O3/c1-25(22(28)18-8-4-7-16-5-2-3-6-17(16)11-18)20-9-10-26(15-20)23(29)19-12-21(27)14-24-13-19/h2-3,5-6,12-14,18,20,27H,4,7-11,15H2,1H3. The van der Waals surface area contributed by atoms with Crippen LogP contribution in [0, 0.1) is 5.92 Å². The Balaban J connectivity index is 1.40. The fourth-order valence-electron chi connectivity index (χ4n) is 4.56. The number of fused-ring (bicyclic) bond motifs is 1. The number of aromatic hydroxyl groups is 1. The zero-order valence-electron chi connectivity index (χ0n) is 16.8. The molecule has 4 rings (SSSR count). The van der Waals surface area contributed by atoms with Crippen molar-refractivity contribution in [2.45, 2.75) is 38.1 Å². The fraction of sp³-hybridized carbons (Fsp3) is 0.435. The van der Waals surface area contributed by atoms with Gasteiger partial charge < -0.3 is 14.9 Å². The third kappa shape index (κ3) is 4.11. The monoisotopic (exact) mass is 393 g/mol. The van der Waals surface area contributed by atoms with E-state index >= 15 is 0 Å². The zero-order valence-corrected chi connectivity index (χ0v) is 16.8. The van der Waals surface area contributed by atoms with Gasteiger partial charge in [-0.3, -0.25) is 14.6 Å². The molecular weight excluding hydrogens is 366 g/mol. The third-order valence-corrected chi connectivity index (χ3v) is 6.25. The van der Waals surface area contributed by atoms with Crippen molar-refractivity contribution in [3.8, 4) is 5.75 Å². The first-order valence-corrected chi connectivity index (χ1v) is 10.3. The average molecular weight is 393 g/mol. The second-order valence-corrected chi connectivity index (χ2v) is 8.14. The molecule has 1 aliphatic heterocycles. The summed E-state index contributed by atoms with van der Waals surface area (Å²) < 4.78 is 0. The number of likely N-dealkylation sites (N-methyl/N-ethyl adjacent to an activating group) is 1. The molecule has 0 radical (unpaired) electrons. The zero-order chi connectivity index (χ0) is 20.4. The van der Waals surface area contributed by atoms with Crippen molar-refractivity contribution in [3.63, 3.8) is 0 Å². The quantitative estimate of drug-likeness (QED) is 0.814. The Morgan fingerprint density at radius 1 is 1.17 bits per heavy atom. The van der Waals surface area contributed by atoms with E-state index < -0.39 is 0 Å². The lowest BCUT2D eigenvalue weighted by Gasteiger charge is -2.28. The van der Waals surface area contributed by atoms with Gasteiger partial charge in [-0.2, -0.15) is 0 Å². The summed E-state index contributed by atoms with van der Waals surface area (Å²) in [5, 5.41) is 9.57. The largest absolute Gasteiger partial charge is 0.506 e. The maximum absolute atomic E-state index is 13.2. The summed E-state index contributed by atoms with van der Waals surface area (Å²) in [5.74, 6) is 0.0105. The molecule has 0 bridgehead atoms. The Morgan fingerprint density at radius 2 is 1.97 bits per heavy atom. The molecule has 2 aromatic rings. The minimum Gasteiger partial charge on any atom is -0.506 e. The van der Waals surface area contributed by atoms with Crippen LogP contribution in [0.25, 0.3) is 0 Å². The van der Waals surface area contributed by atoms with Crippen molar-refractivity contribution >= 4 is 11.8 Å². The SMILES string of the molecule is CN(C(=O)C1CCCc2ccccc2C1)C1CCN(C(=O)c2cncc(O)c2)C1. The first-order chi connectivity index (χ1) is 14.0. The molecule has 1 fully saturated rings. The van der Waals surface area contributed by atoms with Crippen molar-refractivity contribution < 1.29 is 14.7 Å². The molecule has 2 atom stereocenters. The number of pyridine rings is 1. The molecule has 152 valence electrons. The van der Waals surface area contributed by atoms with Crippen LogP contribution in [-0.2, 0) is 17.6 Å². The molecule has 1 aliphatic carbocycles. The maximum atomic E-state index is 13.2. The van der Waals surface area contributed by atoms with Gasteiger partial charge >= 0.3 is 0 Å². The minimum atomic E-state index is -0.153. The van der Waals surface area contributed by atoms with Crippen LogP contribution < -0.4 is 0 Å². The Labute approximate surface area is 171 Å². The van der Waals surface area contributed by atoms with Crippen molar-refractivity contribution in [1.82, 2.24) is 14.8 Å². The van der Waals surface area contributed by atoms with Gasteiger partial charge in [-0.05, 0) is 49.3 Å². The highest BCUT2D eigenvalue weighted by molar-refractivity contribution is 5.94. The summed E-state index contributed by atoms with van der Waals surface area (Å²) in [6.45, 7) is 1.12. The van der Waals surface area contributed by atoms with E-state index in [4.69, 9.17) is 0 Å². The van der Waals surface area contributed by atoms with E-state index in [9.17, 15) is 14.7 Å². The Bertz CT molecular complexity index is 914. The van der Waals surface area contributed by atoms with Crippen LogP contribution in [-0.4, -0.2) is 57.9 Å². The molecule has 1 saturated heterocycles. The molecule has 29 heavy (non-hydrogen) atoms. The number of hydrogen-bond acceptors (Lipinski definition) is 4. The lowest BCUT2D eigenvalue weighted by molar-refractivity contribution is -0.136. The molecule has 6 heteroatoms. The van der Waals surface area contributed by atoms with E-state index in [2.05, 4.69) is 23.2 Å². The predicted octanol–water partition coefficient (Wildman–Crippen LogP) is 2.66. The molecule has 0 spiro atoms. The normalized spacial score (nSPS) is 21.3. The number of hydrogen-bond donors (Lipinski definition) is 1. The van der Waals surface area contributed by atoms with Gasteiger partial charge in [0.25, 0.3) is 5.91 Å². The van der Waals surface area contributed by atoms with Gasteiger partial charge in [-0.25, -0.2) is 0 Å². The summed E-state index contributed by atoms with van der Waals surface area (Å²) in [5.41, 5.74) is 3.03. The van der Waals surface area contributed by atoms with E-state index in [1.807, 2.05) is 18.0 Å². The average Bonchev–Trinajstić information content (AvgIpc) is 3.12. The smallest absolute Gasteiger partial charge is 0.255 e. The van der Waals surface area contributed by atoms with Crippen molar-refractivity contribution in [1.29, 1.82) is 0 Å². The molecule has 2 amide bonds. The van der Waals surface area contributed by atoms with Gasteiger partial charge in [-0.15, -0.1) is 0 Å². The number of aryl methyl sites for hydroxylation is 1. The molecular formula is C23H27N3O3. The molecule has 1 aromatic carbocycles. The van der Waals surface area contributed by atoms with Gasteiger partial charge in [0.15, 0.2) is 0 Å². The van der Waals surface area contributed by atoms with Crippen molar-refractivity contribution in [3.05, 3.63) is 59.4 Å². The van der Waals surface area contributed by atoms with Gasteiger partial charge in [-0.1, -0.05) is 24.3 Å². The number of benzene rings is 1. The summed E-state index contributed by atoms with van der Waals surface area (Å²) >= 11 is 0. The molecule has 1 aromatic heterocycles. The van der Waals surface area contributed by atoms with Crippen LogP contribution in [0.2, 0.25) is 0 Å². The number of carbonyl (C=O) groups excluding carboxylic acids is 2. The highest BCUT2D eigenvalue weighted by Gasteiger charge is 2.34. The fourth-order valence-corrected chi connectivity index (χ4v) is 4.56. The summed E-state index contributed by atoms with van der Waals surface area (Å²) in [4.78, 5) is 33.4. The molecule has 6 nitrogen and oxygen atoms in total. The third-order valence-electron chi connectivity index (χ3n) is 6.25. The topological polar surface area (TPSA) is 73.7 Å². The molecule has 2 aliphatic rings. The second-order valence-electron chi connectivity index (χ2n) is 8.14. The second kappa shape index (κ2) is 8.23. The Morgan fingerprint density at radius 3 is 2.76 bits per heavy atom. The molecule has 1 N–H and O–H groups in total. The van der Waals surface area contributed by atoms with Crippen LogP contribution in [0.3, 0.4) is 0 Å². The predicted molar refractivity (Wildman–Crippen MR) is 110 cm³/mol. The number of amides is 2. The highest BCUT2D eigenvalue weighted by Crippen LogP contribution is 2.27. The highest BCUT2D eigenvalue weighted by atomic mass is 16.3. The van der Waals surface area contributed by atoms with Crippen molar-refractivity contribution in [2.24, 2.45) is 5.92 Å². The van der Waals surface area contributed by atoms with Crippen LogP contribution in [0.1, 0.15) is 40.7 Å². The summed E-state index contributed by atoms with van der Waals surface area (Å²) in [6.07, 6.45) is 7.30. The maximum Gasteiger partial charge on any atom is 0.255 e. The lowest BCUT2D eigenvalue weighted by Crippen LogP contribution is -2.43. The van der Waals surface area contributed by atoms with Gasteiger partial charge in [0, 0.05) is 32.3 Å². The van der Waals surface area contributed by atoms with E-state index in [1.165, 1.54) is 29.6 Å². The van der Waals surface area contributed by atoms with E-state index in [0.717, 1.165) is 32.1 Å². The molecule has 2 heterocycles. The van der Waals surface area contributed by atoms with E-state index in [-0.39, 0.29) is 29.5 Å². The summed E-state index contributed by atoms with van der Waals surface area (Å²) in [6, 6.07) is 9.88. The Hall–Kier alpha value is -2.89. The number of nitrogens with zero attached hydrogens (tertiary/aromatic N) is 3. The van der Waals surface area contributed by atoms with Gasteiger partial charge in [0.2, 0.25) is 5.91 Å². The molecule has 0 saturated carbocycles. The number of aromatic nitrogens is 1. The van der Waals surface area contributed by atoms with Crippen molar-refractivity contribution in [2.75, 3.05) is 20.1 Å². The number of likely N-dealkylation sites (tertiary alicyclic amines) is 1. The van der Waals surface area contributed by atoms with Gasteiger partial charge in [0.05, 0.1) is 17.8 Å². The first-order valence-electron chi connectivity index (χ1n) is 10.3. The van der Waals surface area contributed by atoms with E-state index in [0.29, 0.717) is 18.7 Å². The van der Waals surface area contributed by atoms with Crippen LogP contribution in [0.4, 0.5) is 0 Å². The summed E-state index contributed by atoms with van der Waals surface area (Å²) in [7, 11) is 1.87. The lowest BCUT2D eigenvalue weighted by atomic mass is 9.95. The van der Waals surface area contributed by atoms with E-state index in [1.54, 1.807) is 4.90 Å². The Kier molecular flexibility index (Phi) is 5.51. The number of carbonyl (C=O) groups is 2. The molecule has 2 unspecified atom stereocenters. The van der Waals surface area contributed by atoms with Crippen LogP contribution in [0.15, 0.2) is 42.7 Å². The van der Waals surface area contributed by atoms with Crippen LogP contribution >= 0.6 is 0 Å². The first kappa shape index (κ1) is 19.4.